The second-order valence-corrected chi connectivity index (χ2v) is 7.56. The van der Waals surface area contributed by atoms with Crippen molar-refractivity contribution in [1.82, 2.24) is 4.90 Å². The second-order valence-electron chi connectivity index (χ2n) is 7.56. The summed E-state index contributed by atoms with van der Waals surface area (Å²) in [5.74, 6) is 1.02. The number of Topliss-reactive ketones (excluding diaryl/α,β-unsaturated/α-hetero) is 1. The summed E-state index contributed by atoms with van der Waals surface area (Å²) in [5, 5.41) is 2.29. The molecule has 1 fully saturated rings. The van der Waals surface area contributed by atoms with Crippen molar-refractivity contribution in [3.8, 4) is 5.75 Å². The van der Waals surface area contributed by atoms with Gasteiger partial charge < -0.3 is 9.64 Å². The molecule has 0 spiro atoms. The van der Waals surface area contributed by atoms with Crippen molar-refractivity contribution >= 4 is 22.5 Å². The summed E-state index contributed by atoms with van der Waals surface area (Å²) in [4.78, 5) is 27.5. The van der Waals surface area contributed by atoms with E-state index in [0.717, 1.165) is 22.1 Å². The number of methoxy groups -OCH3 is 1. The Kier molecular flexibility index (Phi) is 5.61. The van der Waals surface area contributed by atoms with E-state index < -0.39 is 0 Å². The summed E-state index contributed by atoms with van der Waals surface area (Å²) >= 11 is 0. The van der Waals surface area contributed by atoms with Crippen LogP contribution in [0.1, 0.15) is 28.8 Å². The number of carbonyl (C=O) groups excluding carboxylic acids is 2. The molecule has 0 aromatic heterocycles. The lowest BCUT2D eigenvalue weighted by atomic mass is 9.88. The Balaban J connectivity index is 1.37. The molecule has 0 N–H and O–H groups in total. The molecule has 3 aromatic carbocycles. The SMILES string of the molecule is COc1ccc(C(=O)C2CCN(C(=O)Cc3cccc4ccccc34)CC2)cc1. The van der Waals surface area contributed by atoms with Crippen LogP contribution in [0.3, 0.4) is 0 Å². The topological polar surface area (TPSA) is 46.6 Å². The maximum Gasteiger partial charge on any atom is 0.227 e. The quantitative estimate of drug-likeness (QED) is 0.605. The van der Waals surface area contributed by atoms with E-state index in [4.69, 9.17) is 4.74 Å². The van der Waals surface area contributed by atoms with E-state index in [1.807, 2.05) is 53.4 Å². The first-order valence-electron chi connectivity index (χ1n) is 10.1. The van der Waals surface area contributed by atoms with Crippen LogP contribution in [0.15, 0.2) is 66.7 Å². The molecule has 29 heavy (non-hydrogen) atoms. The van der Waals surface area contributed by atoms with E-state index in [1.54, 1.807) is 7.11 Å². The van der Waals surface area contributed by atoms with Gasteiger partial charge in [-0.05, 0) is 53.4 Å². The van der Waals surface area contributed by atoms with Gasteiger partial charge in [0.05, 0.1) is 13.5 Å². The van der Waals surface area contributed by atoms with Crippen LogP contribution in [0.5, 0.6) is 5.75 Å². The van der Waals surface area contributed by atoms with Crippen LogP contribution in [0.4, 0.5) is 0 Å². The monoisotopic (exact) mass is 387 g/mol. The van der Waals surface area contributed by atoms with Crippen molar-refractivity contribution in [3.63, 3.8) is 0 Å². The molecule has 1 heterocycles. The van der Waals surface area contributed by atoms with Crippen molar-refractivity contribution in [2.24, 2.45) is 5.92 Å². The molecular weight excluding hydrogens is 362 g/mol. The first-order valence-corrected chi connectivity index (χ1v) is 10.1. The van der Waals surface area contributed by atoms with Crippen LogP contribution in [-0.2, 0) is 11.2 Å². The lowest BCUT2D eigenvalue weighted by Crippen LogP contribution is -2.41. The van der Waals surface area contributed by atoms with E-state index in [-0.39, 0.29) is 17.6 Å². The average Bonchev–Trinajstić information content (AvgIpc) is 2.79. The number of amides is 1. The molecule has 0 saturated carbocycles. The number of ether oxygens (including phenoxy) is 1. The zero-order chi connectivity index (χ0) is 20.2. The first-order chi connectivity index (χ1) is 14.2. The van der Waals surface area contributed by atoms with Crippen LogP contribution in [-0.4, -0.2) is 36.8 Å². The fraction of sp³-hybridized carbons (Fsp3) is 0.280. The van der Waals surface area contributed by atoms with Gasteiger partial charge in [-0.25, -0.2) is 0 Å². The van der Waals surface area contributed by atoms with Gasteiger partial charge in [0.2, 0.25) is 5.91 Å². The average molecular weight is 387 g/mol. The fourth-order valence-electron chi connectivity index (χ4n) is 4.10. The van der Waals surface area contributed by atoms with Gasteiger partial charge in [0.1, 0.15) is 5.75 Å². The van der Waals surface area contributed by atoms with Gasteiger partial charge in [-0.15, -0.1) is 0 Å². The minimum absolute atomic E-state index is 0.0231. The standard InChI is InChI=1S/C25H25NO3/c1-29-22-11-9-19(10-12-22)25(28)20-13-15-26(16-14-20)24(27)17-21-7-4-6-18-5-2-3-8-23(18)21/h2-12,20H,13-17H2,1H3. The van der Waals surface area contributed by atoms with Gasteiger partial charge in [0, 0.05) is 24.6 Å². The first kappa shape index (κ1) is 19.2. The van der Waals surface area contributed by atoms with Crippen molar-refractivity contribution in [2.75, 3.05) is 20.2 Å². The summed E-state index contributed by atoms with van der Waals surface area (Å²) in [6, 6.07) is 21.5. The number of likely N-dealkylation sites (tertiary alicyclic amines) is 1. The Morgan fingerprint density at radius 3 is 2.34 bits per heavy atom. The number of hydrogen-bond acceptors (Lipinski definition) is 3. The molecule has 0 radical (unpaired) electrons. The number of hydrogen-bond donors (Lipinski definition) is 0. The van der Waals surface area contributed by atoms with Crippen LogP contribution in [0, 0.1) is 5.92 Å². The van der Waals surface area contributed by atoms with Crippen molar-refractivity contribution in [2.45, 2.75) is 19.3 Å². The fourth-order valence-corrected chi connectivity index (χ4v) is 4.10. The maximum absolute atomic E-state index is 12.9. The lowest BCUT2D eigenvalue weighted by molar-refractivity contribution is -0.131. The highest BCUT2D eigenvalue weighted by Crippen LogP contribution is 2.25. The van der Waals surface area contributed by atoms with Crippen LogP contribution < -0.4 is 4.74 Å². The largest absolute Gasteiger partial charge is 0.497 e. The van der Waals surface area contributed by atoms with Gasteiger partial charge in [-0.1, -0.05) is 42.5 Å². The number of carbonyl (C=O) groups is 2. The zero-order valence-corrected chi connectivity index (χ0v) is 16.6. The summed E-state index contributed by atoms with van der Waals surface area (Å²) in [6.07, 6.45) is 1.83. The third-order valence-electron chi connectivity index (χ3n) is 5.81. The van der Waals surface area contributed by atoms with E-state index in [9.17, 15) is 9.59 Å². The van der Waals surface area contributed by atoms with Crippen LogP contribution in [0.25, 0.3) is 10.8 Å². The zero-order valence-electron chi connectivity index (χ0n) is 16.6. The highest BCUT2D eigenvalue weighted by atomic mass is 16.5. The van der Waals surface area contributed by atoms with E-state index in [2.05, 4.69) is 18.2 Å². The predicted molar refractivity (Wildman–Crippen MR) is 114 cm³/mol. The highest BCUT2D eigenvalue weighted by Gasteiger charge is 2.28. The predicted octanol–water partition coefficient (Wildman–Crippen LogP) is 4.51. The molecule has 4 nitrogen and oxygen atoms in total. The summed E-state index contributed by atoms with van der Waals surface area (Å²) < 4.78 is 5.15. The molecule has 0 bridgehead atoms. The molecule has 3 aromatic rings. The molecule has 1 aliphatic rings. The van der Waals surface area contributed by atoms with E-state index >= 15 is 0 Å². The summed E-state index contributed by atoms with van der Waals surface area (Å²) in [6.45, 7) is 1.27. The molecule has 1 amide bonds. The maximum atomic E-state index is 12.9. The Bertz CT molecular complexity index is 1010. The molecule has 148 valence electrons. The third-order valence-corrected chi connectivity index (χ3v) is 5.81. The molecule has 0 unspecified atom stereocenters. The number of ketones is 1. The molecule has 4 rings (SSSR count). The minimum atomic E-state index is -0.0231. The normalized spacial score (nSPS) is 14.7. The number of nitrogens with zero attached hydrogens (tertiary/aromatic N) is 1. The lowest BCUT2D eigenvalue weighted by Gasteiger charge is -2.31. The summed E-state index contributed by atoms with van der Waals surface area (Å²) in [5.41, 5.74) is 1.77. The molecule has 1 saturated heterocycles. The Morgan fingerprint density at radius 1 is 0.931 bits per heavy atom. The molecular formula is C25H25NO3. The van der Waals surface area contributed by atoms with Gasteiger partial charge in [0.15, 0.2) is 5.78 Å². The number of piperidine rings is 1. The number of fused-ring (bicyclic) bond motifs is 1. The van der Waals surface area contributed by atoms with Crippen molar-refractivity contribution in [1.29, 1.82) is 0 Å². The molecule has 1 aliphatic heterocycles. The van der Waals surface area contributed by atoms with Gasteiger partial charge in [-0.3, -0.25) is 9.59 Å². The molecule has 4 heteroatoms. The van der Waals surface area contributed by atoms with E-state index in [0.29, 0.717) is 37.9 Å². The minimum Gasteiger partial charge on any atom is -0.497 e. The van der Waals surface area contributed by atoms with Crippen molar-refractivity contribution in [3.05, 3.63) is 77.9 Å². The van der Waals surface area contributed by atoms with Gasteiger partial charge in [-0.2, -0.15) is 0 Å². The third kappa shape index (κ3) is 4.16. The highest BCUT2D eigenvalue weighted by molar-refractivity contribution is 5.98. The van der Waals surface area contributed by atoms with Crippen LogP contribution in [0.2, 0.25) is 0 Å². The summed E-state index contributed by atoms with van der Waals surface area (Å²) in [7, 11) is 1.61. The van der Waals surface area contributed by atoms with Gasteiger partial charge in [0.25, 0.3) is 0 Å². The Morgan fingerprint density at radius 2 is 1.62 bits per heavy atom. The number of rotatable bonds is 5. The number of benzene rings is 3. The van der Waals surface area contributed by atoms with Gasteiger partial charge >= 0.3 is 0 Å². The Hall–Kier alpha value is -3.14. The van der Waals surface area contributed by atoms with Crippen LogP contribution >= 0.6 is 0 Å². The van der Waals surface area contributed by atoms with Crippen molar-refractivity contribution < 1.29 is 14.3 Å². The second kappa shape index (κ2) is 8.48. The molecule has 0 aliphatic carbocycles. The molecule has 0 atom stereocenters. The Labute approximate surface area is 171 Å². The van der Waals surface area contributed by atoms with E-state index in [1.165, 1.54) is 0 Å². The smallest absolute Gasteiger partial charge is 0.227 e.